The minimum atomic E-state index is -0.281. The maximum atomic E-state index is 12.1. The summed E-state index contributed by atoms with van der Waals surface area (Å²) in [5.74, 6) is 1.06. The zero-order valence-corrected chi connectivity index (χ0v) is 14.7. The minimum Gasteiger partial charge on any atom is -0.507 e. The van der Waals surface area contributed by atoms with Crippen LogP contribution in [0.5, 0.6) is 11.5 Å². The fraction of sp³-hybridized carbons (Fsp3) is 0.190. The Balaban J connectivity index is 1.48. The predicted octanol–water partition coefficient (Wildman–Crippen LogP) is 4.44. The van der Waals surface area contributed by atoms with E-state index in [1.54, 1.807) is 18.2 Å². The van der Waals surface area contributed by atoms with Crippen LogP contribution in [0.25, 0.3) is 10.8 Å². The number of carbonyl (C=O) groups excluding carboxylic acids is 1. The average molecular weight is 350 g/mol. The van der Waals surface area contributed by atoms with Gasteiger partial charge in [-0.3, -0.25) is 0 Å². The third-order valence-electron chi connectivity index (χ3n) is 4.11. The van der Waals surface area contributed by atoms with E-state index in [1.807, 2.05) is 49.4 Å². The Hall–Kier alpha value is -3.21. The van der Waals surface area contributed by atoms with Crippen LogP contribution < -0.4 is 15.4 Å². The highest BCUT2D eigenvalue weighted by Gasteiger charge is 2.07. The smallest absolute Gasteiger partial charge is 0.319 e. The highest BCUT2D eigenvalue weighted by atomic mass is 16.5. The van der Waals surface area contributed by atoms with Gasteiger partial charge in [-0.05, 0) is 37.1 Å². The van der Waals surface area contributed by atoms with Gasteiger partial charge in [0.25, 0.3) is 0 Å². The SMILES string of the molecule is Cc1ccccc1OCCCNC(=O)Nc1cccc2c(O)cccc12. The Kier molecular flexibility index (Phi) is 5.59. The molecule has 2 amide bonds. The molecule has 3 aromatic carbocycles. The number of aromatic hydroxyl groups is 1. The van der Waals surface area contributed by atoms with Crippen molar-refractivity contribution >= 4 is 22.5 Å². The number of hydrogen-bond donors (Lipinski definition) is 3. The number of rotatable bonds is 6. The van der Waals surface area contributed by atoms with Gasteiger partial charge in [-0.1, -0.05) is 42.5 Å². The highest BCUT2D eigenvalue weighted by molar-refractivity contribution is 6.03. The molecule has 0 saturated heterocycles. The number of phenols is 1. The van der Waals surface area contributed by atoms with E-state index in [2.05, 4.69) is 10.6 Å². The van der Waals surface area contributed by atoms with Crippen LogP contribution >= 0.6 is 0 Å². The largest absolute Gasteiger partial charge is 0.507 e. The zero-order chi connectivity index (χ0) is 18.4. The number of para-hydroxylation sites is 1. The molecule has 0 aromatic heterocycles. The second-order valence-electron chi connectivity index (χ2n) is 6.03. The van der Waals surface area contributed by atoms with Gasteiger partial charge >= 0.3 is 6.03 Å². The van der Waals surface area contributed by atoms with E-state index >= 15 is 0 Å². The number of benzene rings is 3. The molecule has 0 atom stereocenters. The summed E-state index contributed by atoms with van der Waals surface area (Å²) in [6, 6.07) is 18.2. The number of ether oxygens (including phenoxy) is 1. The number of hydrogen-bond acceptors (Lipinski definition) is 3. The molecular formula is C21H22N2O3. The van der Waals surface area contributed by atoms with E-state index in [-0.39, 0.29) is 11.8 Å². The molecule has 0 spiro atoms. The molecule has 3 N–H and O–H groups in total. The van der Waals surface area contributed by atoms with Crippen LogP contribution in [0.2, 0.25) is 0 Å². The standard InChI is InChI=1S/C21H22N2O3/c1-15-7-2-3-12-20(15)26-14-6-13-22-21(25)23-18-10-4-9-17-16(18)8-5-11-19(17)24/h2-5,7-12,24H,6,13-14H2,1H3,(H2,22,23,25). The first-order chi connectivity index (χ1) is 12.6. The Morgan fingerprint density at radius 2 is 1.77 bits per heavy atom. The molecule has 134 valence electrons. The highest BCUT2D eigenvalue weighted by Crippen LogP contribution is 2.29. The van der Waals surface area contributed by atoms with Crippen LogP contribution in [-0.2, 0) is 0 Å². The molecule has 5 heteroatoms. The molecule has 0 aliphatic rings. The van der Waals surface area contributed by atoms with Gasteiger partial charge in [-0.2, -0.15) is 0 Å². The maximum absolute atomic E-state index is 12.1. The lowest BCUT2D eigenvalue weighted by Crippen LogP contribution is -2.30. The van der Waals surface area contributed by atoms with Crippen molar-refractivity contribution in [3.8, 4) is 11.5 Å². The van der Waals surface area contributed by atoms with Crippen molar-refractivity contribution in [2.45, 2.75) is 13.3 Å². The van der Waals surface area contributed by atoms with Gasteiger partial charge in [-0.25, -0.2) is 4.79 Å². The quantitative estimate of drug-likeness (QED) is 0.575. The molecule has 0 heterocycles. The van der Waals surface area contributed by atoms with E-state index < -0.39 is 0 Å². The molecule has 0 aliphatic heterocycles. The molecule has 3 aromatic rings. The third kappa shape index (κ3) is 4.25. The van der Waals surface area contributed by atoms with Crippen LogP contribution in [0.15, 0.2) is 60.7 Å². The van der Waals surface area contributed by atoms with Crippen molar-refractivity contribution in [1.29, 1.82) is 0 Å². The monoisotopic (exact) mass is 350 g/mol. The lowest BCUT2D eigenvalue weighted by molar-refractivity contribution is 0.250. The number of fused-ring (bicyclic) bond motifs is 1. The Morgan fingerprint density at radius 3 is 2.62 bits per heavy atom. The Bertz CT molecular complexity index is 909. The van der Waals surface area contributed by atoms with Crippen molar-refractivity contribution in [3.05, 3.63) is 66.2 Å². The van der Waals surface area contributed by atoms with Crippen molar-refractivity contribution in [3.63, 3.8) is 0 Å². The van der Waals surface area contributed by atoms with Gasteiger partial charge in [0.15, 0.2) is 0 Å². The van der Waals surface area contributed by atoms with Crippen molar-refractivity contribution < 1.29 is 14.6 Å². The summed E-state index contributed by atoms with van der Waals surface area (Å²) in [6.45, 7) is 3.05. The number of anilines is 1. The summed E-state index contributed by atoms with van der Waals surface area (Å²) >= 11 is 0. The molecule has 0 bridgehead atoms. The van der Waals surface area contributed by atoms with Gasteiger partial charge in [0.2, 0.25) is 0 Å². The summed E-state index contributed by atoms with van der Waals surface area (Å²) in [6.07, 6.45) is 0.706. The van der Waals surface area contributed by atoms with E-state index in [9.17, 15) is 9.90 Å². The Morgan fingerprint density at radius 1 is 1.00 bits per heavy atom. The molecular weight excluding hydrogens is 328 g/mol. The first-order valence-electron chi connectivity index (χ1n) is 8.59. The van der Waals surface area contributed by atoms with Crippen molar-refractivity contribution in [2.75, 3.05) is 18.5 Å². The molecule has 26 heavy (non-hydrogen) atoms. The van der Waals surface area contributed by atoms with Gasteiger partial charge in [0.05, 0.1) is 12.3 Å². The van der Waals surface area contributed by atoms with E-state index in [4.69, 9.17) is 4.74 Å². The van der Waals surface area contributed by atoms with Crippen LogP contribution in [-0.4, -0.2) is 24.3 Å². The second-order valence-corrected chi connectivity index (χ2v) is 6.03. The molecule has 0 unspecified atom stereocenters. The summed E-state index contributed by atoms with van der Waals surface area (Å²) < 4.78 is 5.71. The minimum absolute atomic E-state index is 0.194. The maximum Gasteiger partial charge on any atom is 0.319 e. The second kappa shape index (κ2) is 8.25. The summed E-state index contributed by atoms with van der Waals surface area (Å²) in [7, 11) is 0. The third-order valence-corrected chi connectivity index (χ3v) is 4.11. The number of carbonyl (C=O) groups is 1. The first kappa shape index (κ1) is 17.6. The van der Waals surface area contributed by atoms with E-state index in [0.717, 1.165) is 16.7 Å². The molecule has 0 saturated carbocycles. The summed E-state index contributed by atoms with van der Waals surface area (Å²) in [4.78, 5) is 12.1. The van der Waals surface area contributed by atoms with E-state index in [1.165, 1.54) is 0 Å². The number of nitrogens with one attached hydrogen (secondary N) is 2. The first-order valence-corrected chi connectivity index (χ1v) is 8.59. The van der Waals surface area contributed by atoms with E-state index in [0.29, 0.717) is 30.6 Å². The number of phenolic OH excluding ortho intramolecular Hbond substituents is 1. The molecule has 5 nitrogen and oxygen atoms in total. The fourth-order valence-corrected chi connectivity index (χ4v) is 2.74. The fourth-order valence-electron chi connectivity index (χ4n) is 2.74. The van der Waals surface area contributed by atoms with Gasteiger partial charge in [0, 0.05) is 17.3 Å². The zero-order valence-electron chi connectivity index (χ0n) is 14.7. The van der Waals surface area contributed by atoms with Crippen LogP contribution in [0, 0.1) is 6.92 Å². The van der Waals surface area contributed by atoms with Crippen LogP contribution in [0.1, 0.15) is 12.0 Å². The lowest BCUT2D eigenvalue weighted by Gasteiger charge is -2.11. The average Bonchev–Trinajstić information content (AvgIpc) is 2.64. The molecule has 0 fully saturated rings. The van der Waals surface area contributed by atoms with Gasteiger partial charge < -0.3 is 20.5 Å². The van der Waals surface area contributed by atoms with Gasteiger partial charge in [0.1, 0.15) is 11.5 Å². The number of aryl methyl sites for hydroxylation is 1. The van der Waals surface area contributed by atoms with Gasteiger partial charge in [-0.15, -0.1) is 0 Å². The molecule has 0 aliphatic carbocycles. The Labute approximate surface area is 152 Å². The normalized spacial score (nSPS) is 10.5. The van der Waals surface area contributed by atoms with Crippen molar-refractivity contribution in [1.82, 2.24) is 5.32 Å². The number of amides is 2. The lowest BCUT2D eigenvalue weighted by atomic mass is 10.1. The predicted molar refractivity (Wildman–Crippen MR) is 104 cm³/mol. The number of urea groups is 1. The summed E-state index contributed by atoms with van der Waals surface area (Å²) in [5, 5.41) is 17.1. The van der Waals surface area contributed by atoms with Crippen LogP contribution in [0.3, 0.4) is 0 Å². The topological polar surface area (TPSA) is 70.6 Å². The molecule has 0 radical (unpaired) electrons. The van der Waals surface area contributed by atoms with Crippen molar-refractivity contribution in [2.24, 2.45) is 0 Å². The summed E-state index contributed by atoms with van der Waals surface area (Å²) in [5.41, 5.74) is 1.75. The molecule has 3 rings (SSSR count). The van der Waals surface area contributed by atoms with Crippen LogP contribution in [0.4, 0.5) is 10.5 Å².